The van der Waals surface area contributed by atoms with Gasteiger partial charge >= 0.3 is 18.3 Å². The number of ether oxygens (including phenoxy) is 3. The van der Waals surface area contributed by atoms with E-state index < -0.39 is 23.9 Å². The first-order chi connectivity index (χ1) is 13.6. The van der Waals surface area contributed by atoms with Crippen molar-refractivity contribution in [1.29, 1.82) is 0 Å². The summed E-state index contributed by atoms with van der Waals surface area (Å²) in [6.45, 7) is 10.7. The van der Waals surface area contributed by atoms with Crippen LogP contribution >= 0.6 is 0 Å². The van der Waals surface area contributed by atoms with Crippen molar-refractivity contribution in [3.8, 4) is 0 Å². The van der Waals surface area contributed by atoms with Crippen LogP contribution in [0.15, 0.2) is 18.3 Å². The van der Waals surface area contributed by atoms with Gasteiger partial charge in [0.2, 0.25) is 0 Å². The van der Waals surface area contributed by atoms with Crippen LogP contribution in [0.2, 0.25) is 0 Å². The van der Waals surface area contributed by atoms with Gasteiger partial charge in [-0.15, -0.1) is 0 Å². The van der Waals surface area contributed by atoms with E-state index in [2.05, 4.69) is 5.32 Å². The molecule has 1 aliphatic rings. The highest BCUT2D eigenvalue weighted by Crippen LogP contribution is 2.34. The van der Waals surface area contributed by atoms with Crippen molar-refractivity contribution in [2.24, 2.45) is 0 Å². The molecule has 158 valence electrons. The Bertz CT molecular complexity index is 828. The largest absolute Gasteiger partial charge is 0.448 e. The zero-order valence-electron chi connectivity index (χ0n) is 17.6. The molecule has 0 spiro atoms. The Morgan fingerprint density at radius 2 is 1.66 bits per heavy atom. The third-order valence-corrected chi connectivity index (χ3v) is 3.74. The van der Waals surface area contributed by atoms with Gasteiger partial charge in [0.25, 0.3) is 0 Å². The van der Waals surface area contributed by atoms with E-state index in [9.17, 15) is 14.4 Å². The van der Waals surface area contributed by atoms with Crippen molar-refractivity contribution in [2.75, 3.05) is 23.5 Å². The molecule has 0 aromatic heterocycles. The number of rotatable bonds is 3. The fourth-order valence-corrected chi connectivity index (χ4v) is 2.61. The summed E-state index contributed by atoms with van der Waals surface area (Å²) in [6, 6.07) is 3.37. The third-order valence-electron chi connectivity index (χ3n) is 3.74. The van der Waals surface area contributed by atoms with Gasteiger partial charge < -0.3 is 14.2 Å². The topological polar surface area (TPSA) is 97.4 Å². The zero-order chi connectivity index (χ0) is 21.8. The molecular weight excluding hydrogens is 378 g/mol. The molecule has 0 unspecified atom stereocenters. The molecule has 9 heteroatoms. The first kappa shape index (κ1) is 22.1. The van der Waals surface area contributed by atoms with Crippen LogP contribution in [0.25, 0.3) is 6.08 Å². The normalized spacial score (nSPS) is 12.9. The van der Waals surface area contributed by atoms with Gasteiger partial charge in [0.1, 0.15) is 5.60 Å². The lowest BCUT2D eigenvalue weighted by molar-refractivity contribution is 0.0635. The maximum Gasteiger partial charge on any atom is 0.434 e. The SMILES string of the molecule is CCOC(=O)N1C=Cc2cc(NC(=O)OC(C)(C)C)c(C)cc2N1C(=O)OCC. The van der Waals surface area contributed by atoms with E-state index in [-0.39, 0.29) is 13.2 Å². The van der Waals surface area contributed by atoms with E-state index in [0.717, 1.165) is 10.0 Å². The van der Waals surface area contributed by atoms with Crippen LogP contribution in [0.3, 0.4) is 0 Å². The summed E-state index contributed by atoms with van der Waals surface area (Å²) in [5, 5.41) is 4.85. The van der Waals surface area contributed by atoms with E-state index in [1.165, 1.54) is 6.20 Å². The molecule has 0 aliphatic carbocycles. The number of benzene rings is 1. The fraction of sp³-hybridized carbons (Fsp3) is 0.450. The molecule has 1 aromatic rings. The highest BCUT2D eigenvalue weighted by Gasteiger charge is 2.33. The van der Waals surface area contributed by atoms with Crippen LogP contribution < -0.4 is 10.3 Å². The number of nitrogens with zero attached hydrogens (tertiary/aromatic N) is 2. The molecule has 2 rings (SSSR count). The molecule has 29 heavy (non-hydrogen) atoms. The quantitative estimate of drug-likeness (QED) is 0.735. The van der Waals surface area contributed by atoms with Crippen molar-refractivity contribution in [2.45, 2.75) is 47.1 Å². The molecule has 0 atom stereocenters. The van der Waals surface area contributed by atoms with E-state index >= 15 is 0 Å². The predicted molar refractivity (Wildman–Crippen MR) is 108 cm³/mol. The summed E-state index contributed by atoms with van der Waals surface area (Å²) >= 11 is 0. The Morgan fingerprint density at radius 3 is 2.24 bits per heavy atom. The summed E-state index contributed by atoms with van der Waals surface area (Å²) in [4.78, 5) is 36.9. The van der Waals surface area contributed by atoms with Crippen molar-refractivity contribution in [3.63, 3.8) is 0 Å². The number of carbonyl (C=O) groups excluding carboxylic acids is 3. The van der Waals surface area contributed by atoms with Crippen molar-refractivity contribution < 1.29 is 28.6 Å². The minimum absolute atomic E-state index is 0.141. The lowest BCUT2D eigenvalue weighted by atomic mass is 10.1. The molecule has 3 amide bonds. The van der Waals surface area contributed by atoms with Gasteiger partial charge in [-0.25, -0.2) is 14.4 Å². The molecule has 1 heterocycles. The third kappa shape index (κ3) is 5.40. The summed E-state index contributed by atoms with van der Waals surface area (Å²) in [5.74, 6) is 0. The second kappa shape index (κ2) is 8.85. The minimum Gasteiger partial charge on any atom is -0.448 e. The number of hydrogen-bond donors (Lipinski definition) is 1. The number of hydrazine groups is 1. The van der Waals surface area contributed by atoms with Crippen LogP contribution in [0, 0.1) is 6.92 Å². The van der Waals surface area contributed by atoms with Gasteiger partial charge in [-0.3, -0.25) is 5.32 Å². The molecule has 0 fully saturated rings. The molecule has 1 aliphatic heterocycles. The summed E-state index contributed by atoms with van der Waals surface area (Å²) < 4.78 is 15.4. The van der Waals surface area contributed by atoms with Crippen molar-refractivity contribution >= 4 is 35.7 Å². The average Bonchev–Trinajstić information content (AvgIpc) is 2.60. The number of amides is 3. The lowest BCUT2D eigenvalue weighted by Crippen LogP contribution is -2.49. The first-order valence-electron chi connectivity index (χ1n) is 9.33. The average molecular weight is 405 g/mol. The Morgan fingerprint density at radius 1 is 1.03 bits per heavy atom. The predicted octanol–water partition coefficient (Wildman–Crippen LogP) is 4.66. The van der Waals surface area contributed by atoms with E-state index in [0.29, 0.717) is 22.5 Å². The van der Waals surface area contributed by atoms with Gasteiger partial charge in [-0.1, -0.05) is 0 Å². The second-order valence-electron chi connectivity index (χ2n) is 7.22. The number of aryl methyl sites for hydroxylation is 1. The molecule has 1 N–H and O–H groups in total. The van der Waals surface area contributed by atoms with Crippen molar-refractivity contribution in [1.82, 2.24) is 5.01 Å². The molecule has 0 bridgehead atoms. The number of fused-ring (bicyclic) bond motifs is 1. The van der Waals surface area contributed by atoms with Crippen molar-refractivity contribution in [3.05, 3.63) is 29.5 Å². The zero-order valence-corrected chi connectivity index (χ0v) is 17.6. The van der Waals surface area contributed by atoms with Gasteiger partial charge in [0, 0.05) is 17.5 Å². The van der Waals surface area contributed by atoms with E-state index in [4.69, 9.17) is 14.2 Å². The van der Waals surface area contributed by atoms with Crippen LogP contribution in [-0.4, -0.2) is 42.1 Å². The van der Waals surface area contributed by atoms with Crippen LogP contribution in [-0.2, 0) is 14.2 Å². The summed E-state index contributed by atoms with van der Waals surface area (Å²) in [6.07, 6.45) is 1.02. The highest BCUT2D eigenvalue weighted by molar-refractivity contribution is 5.97. The molecule has 0 saturated carbocycles. The van der Waals surface area contributed by atoms with Crippen LogP contribution in [0.1, 0.15) is 45.7 Å². The number of hydrogen-bond acceptors (Lipinski definition) is 6. The Labute approximate surface area is 170 Å². The molecule has 9 nitrogen and oxygen atoms in total. The Hall–Kier alpha value is -3.23. The molecule has 0 radical (unpaired) electrons. The molecule has 0 saturated heterocycles. The molecular formula is C20H27N3O6. The van der Waals surface area contributed by atoms with Gasteiger partial charge in [-0.05, 0) is 65.3 Å². The van der Waals surface area contributed by atoms with E-state index in [1.807, 2.05) is 0 Å². The van der Waals surface area contributed by atoms with Crippen LogP contribution in [0.5, 0.6) is 0 Å². The number of anilines is 2. The van der Waals surface area contributed by atoms with Gasteiger partial charge in [0.15, 0.2) is 0 Å². The summed E-state index contributed by atoms with van der Waals surface area (Å²) in [5.41, 5.74) is 1.59. The minimum atomic E-state index is -0.724. The molecule has 1 aromatic carbocycles. The van der Waals surface area contributed by atoms with Gasteiger partial charge in [-0.2, -0.15) is 10.0 Å². The standard InChI is InChI=1S/C20H27N3O6/c1-7-27-18(25)22-10-9-14-12-15(21-17(24)29-20(4,5)6)13(3)11-16(14)23(22)19(26)28-8-2/h9-12H,7-8H2,1-6H3,(H,21,24). The Balaban J connectivity index is 2.40. The summed E-state index contributed by atoms with van der Waals surface area (Å²) in [7, 11) is 0. The van der Waals surface area contributed by atoms with Crippen LogP contribution in [0.4, 0.5) is 25.8 Å². The monoisotopic (exact) mass is 405 g/mol. The lowest BCUT2D eigenvalue weighted by Gasteiger charge is -2.34. The smallest absolute Gasteiger partial charge is 0.434 e. The van der Waals surface area contributed by atoms with Gasteiger partial charge in [0.05, 0.1) is 18.9 Å². The van der Waals surface area contributed by atoms with E-state index in [1.54, 1.807) is 59.8 Å². The first-order valence-corrected chi connectivity index (χ1v) is 9.33. The fourth-order valence-electron chi connectivity index (χ4n) is 2.61. The Kier molecular flexibility index (Phi) is 6.73. The highest BCUT2D eigenvalue weighted by atomic mass is 16.6. The number of carbonyl (C=O) groups is 3. The maximum absolute atomic E-state index is 12.5. The maximum atomic E-state index is 12.5. The second-order valence-corrected chi connectivity index (χ2v) is 7.22. The number of nitrogens with one attached hydrogen (secondary N) is 1.